The van der Waals surface area contributed by atoms with Crippen molar-refractivity contribution in [1.82, 2.24) is 4.98 Å². The van der Waals surface area contributed by atoms with E-state index in [0.717, 1.165) is 16.5 Å². The fourth-order valence-corrected chi connectivity index (χ4v) is 2.81. The lowest BCUT2D eigenvalue weighted by Gasteiger charge is -2.06. The molecule has 2 N–H and O–H groups in total. The molecule has 1 aliphatic carbocycles. The van der Waals surface area contributed by atoms with Gasteiger partial charge in [0.2, 0.25) is 11.9 Å². The molecule has 1 heterocycles. The van der Waals surface area contributed by atoms with E-state index in [0.29, 0.717) is 12.1 Å². The van der Waals surface area contributed by atoms with Gasteiger partial charge in [-0.15, -0.1) is 11.3 Å². The first-order chi connectivity index (χ1) is 10.5. The van der Waals surface area contributed by atoms with Crippen molar-refractivity contribution in [2.45, 2.75) is 19.4 Å². The van der Waals surface area contributed by atoms with Crippen molar-refractivity contribution in [2.75, 3.05) is 10.6 Å². The number of nitro groups is 1. The molecule has 0 aliphatic heterocycles. The van der Waals surface area contributed by atoms with Crippen molar-refractivity contribution in [1.29, 1.82) is 0 Å². The number of hydrogen-bond donors (Lipinski definition) is 2. The van der Waals surface area contributed by atoms with Gasteiger partial charge in [-0.2, -0.15) is 0 Å². The van der Waals surface area contributed by atoms with E-state index in [1.807, 2.05) is 24.4 Å². The van der Waals surface area contributed by atoms with Crippen LogP contribution in [0.1, 0.15) is 12.1 Å². The van der Waals surface area contributed by atoms with Crippen LogP contribution in [0.4, 0.5) is 16.5 Å². The summed E-state index contributed by atoms with van der Waals surface area (Å²) in [6.07, 6.45) is 0.321. The molecule has 1 aliphatic rings. The van der Waals surface area contributed by atoms with Crippen LogP contribution in [0.15, 0.2) is 29.6 Å². The monoisotopic (exact) mass is 318 g/mol. The summed E-state index contributed by atoms with van der Waals surface area (Å²) in [7, 11) is 0. The SMILES string of the molecule is Cc1csc(Nc2ccc(NC(=O)[C@@H]3C[C@H]3[N+](=O)[O-])cc2)n1. The highest BCUT2D eigenvalue weighted by Crippen LogP contribution is 2.34. The Morgan fingerprint density at radius 2 is 2.05 bits per heavy atom. The van der Waals surface area contributed by atoms with Crippen molar-refractivity contribution in [3.8, 4) is 0 Å². The molecule has 0 unspecified atom stereocenters. The first-order valence-electron chi connectivity index (χ1n) is 6.76. The number of hydrogen-bond acceptors (Lipinski definition) is 6. The zero-order valence-corrected chi connectivity index (χ0v) is 12.6. The number of benzene rings is 1. The van der Waals surface area contributed by atoms with Gasteiger partial charge in [-0.1, -0.05) is 0 Å². The first kappa shape index (κ1) is 14.5. The van der Waals surface area contributed by atoms with Gasteiger partial charge in [0.1, 0.15) is 5.92 Å². The maximum absolute atomic E-state index is 11.8. The van der Waals surface area contributed by atoms with Crippen molar-refractivity contribution in [3.05, 3.63) is 45.5 Å². The van der Waals surface area contributed by atoms with Crippen LogP contribution in [-0.4, -0.2) is 21.9 Å². The molecule has 2 atom stereocenters. The predicted molar refractivity (Wildman–Crippen MR) is 84.1 cm³/mol. The smallest absolute Gasteiger partial charge is 0.234 e. The second-order valence-corrected chi connectivity index (χ2v) is 6.04. The van der Waals surface area contributed by atoms with E-state index in [1.165, 1.54) is 11.3 Å². The molecule has 1 fully saturated rings. The summed E-state index contributed by atoms with van der Waals surface area (Å²) in [6.45, 7) is 1.93. The predicted octanol–water partition coefficient (Wildman–Crippen LogP) is 2.80. The van der Waals surface area contributed by atoms with Gasteiger partial charge in [-0.05, 0) is 31.2 Å². The number of carbonyl (C=O) groups excluding carboxylic acids is 1. The molecule has 2 aromatic rings. The highest BCUT2D eigenvalue weighted by molar-refractivity contribution is 7.13. The number of carbonyl (C=O) groups is 1. The second kappa shape index (κ2) is 5.72. The standard InChI is InChI=1S/C14H14N4O3S/c1-8-7-22-14(15-8)17-10-4-2-9(3-5-10)16-13(19)11-6-12(11)18(20)21/h2-5,7,11-12H,6H2,1H3,(H,15,17)(H,16,19)/t11-,12-/m1/s1. The average molecular weight is 318 g/mol. The lowest BCUT2D eigenvalue weighted by atomic mass is 10.2. The number of nitrogens with zero attached hydrogens (tertiary/aromatic N) is 2. The van der Waals surface area contributed by atoms with Gasteiger partial charge in [-0.3, -0.25) is 14.9 Å². The number of anilines is 3. The lowest BCUT2D eigenvalue weighted by Crippen LogP contribution is -2.18. The molecule has 1 amide bonds. The molecule has 8 heteroatoms. The molecule has 7 nitrogen and oxygen atoms in total. The topological polar surface area (TPSA) is 97.2 Å². The van der Waals surface area contributed by atoms with Crippen molar-refractivity contribution < 1.29 is 9.72 Å². The minimum atomic E-state index is -0.728. The van der Waals surface area contributed by atoms with Crippen LogP contribution in [0.5, 0.6) is 0 Å². The van der Waals surface area contributed by atoms with E-state index in [9.17, 15) is 14.9 Å². The number of aryl methyl sites for hydroxylation is 1. The summed E-state index contributed by atoms with van der Waals surface area (Å²) in [5, 5.41) is 19.2. The molecule has 22 heavy (non-hydrogen) atoms. The molecule has 0 spiro atoms. The van der Waals surface area contributed by atoms with Crippen molar-refractivity contribution >= 4 is 33.8 Å². The summed E-state index contributed by atoms with van der Waals surface area (Å²) in [5.41, 5.74) is 2.45. The first-order valence-corrected chi connectivity index (χ1v) is 7.64. The summed E-state index contributed by atoms with van der Waals surface area (Å²) < 4.78 is 0. The van der Waals surface area contributed by atoms with Gasteiger partial charge >= 0.3 is 0 Å². The van der Waals surface area contributed by atoms with Gasteiger partial charge in [0.15, 0.2) is 5.13 Å². The third kappa shape index (κ3) is 3.22. The minimum Gasteiger partial charge on any atom is -0.332 e. The largest absolute Gasteiger partial charge is 0.332 e. The van der Waals surface area contributed by atoms with E-state index < -0.39 is 16.9 Å². The van der Waals surface area contributed by atoms with Crippen LogP contribution >= 0.6 is 11.3 Å². The molecule has 114 valence electrons. The highest BCUT2D eigenvalue weighted by atomic mass is 32.1. The summed E-state index contributed by atoms with van der Waals surface area (Å²) in [6, 6.07) is 6.43. The molecular formula is C14H14N4O3S. The summed E-state index contributed by atoms with van der Waals surface area (Å²) in [5.74, 6) is -0.802. The highest BCUT2D eigenvalue weighted by Gasteiger charge is 2.53. The molecule has 0 radical (unpaired) electrons. The molecule has 1 aromatic heterocycles. The zero-order chi connectivity index (χ0) is 15.7. The number of aromatic nitrogens is 1. The van der Waals surface area contributed by atoms with E-state index in [2.05, 4.69) is 15.6 Å². The number of rotatable bonds is 5. The Bertz CT molecular complexity index is 713. The van der Waals surface area contributed by atoms with Crippen LogP contribution in [0.25, 0.3) is 0 Å². The van der Waals surface area contributed by atoms with E-state index in [-0.39, 0.29) is 5.91 Å². The van der Waals surface area contributed by atoms with Crippen LogP contribution < -0.4 is 10.6 Å². The lowest BCUT2D eigenvalue weighted by molar-refractivity contribution is -0.497. The molecule has 0 saturated heterocycles. The maximum atomic E-state index is 11.8. The summed E-state index contributed by atoms with van der Waals surface area (Å²) >= 11 is 1.52. The third-order valence-corrected chi connectivity index (χ3v) is 4.26. The van der Waals surface area contributed by atoms with E-state index >= 15 is 0 Å². The number of nitrogens with one attached hydrogen (secondary N) is 2. The van der Waals surface area contributed by atoms with Gasteiger partial charge < -0.3 is 10.6 Å². The molecule has 0 bridgehead atoms. The summed E-state index contributed by atoms with van der Waals surface area (Å²) in [4.78, 5) is 26.3. The van der Waals surface area contributed by atoms with Crippen LogP contribution in [0, 0.1) is 23.0 Å². The van der Waals surface area contributed by atoms with Gasteiger partial charge in [0, 0.05) is 28.1 Å². The Balaban J connectivity index is 1.58. The number of thiazole rings is 1. The zero-order valence-electron chi connectivity index (χ0n) is 11.8. The number of amides is 1. The molecular weight excluding hydrogens is 304 g/mol. The average Bonchev–Trinajstić information content (AvgIpc) is 3.19. The van der Waals surface area contributed by atoms with Gasteiger partial charge in [0.05, 0.1) is 5.69 Å². The Morgan fingerprint density at radius 1 is 1.36 bits per heavy atom. The normalized spacial score (nSPS) is 19.5. The van der Waals surface area contributed by atoms with E-state index in [1.54, 1.807) is 12.1 Å². The van der Waals surface area contributed by atoms with Crippen molar-refractivity contribution in [2.24, 2.45) is 5.92 Å². The molecule has 1 aromatic carbocycles. The fourth-order valence-electron chi connectivity index (χ4n) is 2.10. The fraction of sp³-hybridized carbons (Fsp3) is 0.286. The van der Waals surface area contributed by atoms with Crippen LogP contribution in [0.3, 0.4) is 0 Å². The van der Waals surface area contributed by atoms with Crippen LogP contribution in [-0.2, 0) is 4.79 Å². The Hall–Kier alpha value is -2.48. The Kier molecular flexibility index (Phi) is 3.76. The maximum Gasteiger partial charge on any atom is 0.234 e. The molecule has 3 rings (SSSR count). The Morgan fingerprint density at radius 3 is 2.59 bits per heavy atom. The van der Waals surface area contributed by atoms with E-state index in [4.69, 9.17) is 0 Å². The quantitative estimate of drug-likeness (QED) is 0.652. The minimum absolute atomic E-state index is 0.294. The van der Waals surface area contributed by atoms with Crippen molar-refractivity contribution in [3.63, 3.8) is 0 Å². The second-order valence-electron chi connectivity index (χ2n) is 5.18. The molecule has 1 saturated carbocycles. The van der Waals surface area contributed by atoms with Gasteiger partial charge in [-0.25, -0.2) is 4.98 Å². The Labute approximate surface area is 130 Å². The van der Waals surface area contributed by atoms with Crippen LogP contribution in [0.2, 0.25) is 0 Å². The third-order valence-electron chi connectivity index (χ3n) is 3.39. The van der Waals surface area contributed by atoms with Gasteiger partial charge in [0.25, 0.3) is 0 Å².